The van der Waals surface area contributed by atoms with Crippen LogP contribution in [0.1, 0.15) is 12.5 Å². The SMILES string of the molecule is CCS(=O)(=O)CCNC(=O)C=Cc1cccc2ccccc12. The Bertz CT molecular complexity index is 789. The molecule has 0 aliphatic heterocycles. The molecule has 22 heavy (non-hydrogen) atoms. The Balaban J connectivity index is 2.00. The Morgan fingerprint density at radius 3 is 2.64 bits per heavy atom. The lowest BCUT2D eigenvalue weighted by Crippen LogP contribution is -2.28. The number of hydrogen-bond donors (Lipinski definition) is 1. The maximum absolute atomic E-state index is 11.7. The van der Waals surface area contributed by atoms with Crippen molar-refractivity contribution in [3.63, 3.8) is 0 Å². The number of sulfone groups is 1. The predicted octanol–water partition coefficient (Wildman–Crippen LogP) is 2.40. The average molecular weight is 317 g/mol. The van der Waals surface area contributed by atoms with Crippen LogP contribution in [0.15, 0.2) is 48.5 Å². The highest BCUT2D eigenvalue weighted by Crippen LogP contribution is 2.19. The average Bonchev–Trinajstić information content (AvgIpc) is 2.52. The fraction of sp³-hybridized carbons (Fsp3) is 0.235. The molecule has 0 unspecified atom stereocenters. The van der Waals surface area contributed by atoms with Gasteiger partial charge in [-0.25, -0.2) is 8.42 Å². The highest BCUT2D eigenvalue weighted by molar-refractivity contribution is 7.91. The van der Waals surface area contributed by atoms with Crippen LogP contribution in [0.3, 0.4) is 0 Å². The number of carbonyl (C=O) groups is 1. The first-order valence-electron chi connectivity index (χ1n) is 7.16. The van der Waals surface area contributed by atoms with Gasteiger partial charge < -0.3 is 5.32 Å². The van der Waals surface area contributed by atoms with E-state index in [4.69, 9.17) is 0 Å². The van der Waals surface area contributed by atoms with Crippen molar-refractivity contribution in [2.75, 3.05) is 18.1 Å². The molecule has 0 atom stereocenters. The molecule has 0 heterocycles. The third-order valence-electron chi connectivity index (χ3n) is 3.39. The van der Waals surface area contributed by atoms with Crippen molar-refractivity contribution in [2.45, 2.75) is 6.92 Å². The van der Waals surface area contributed by atoms with Crippen molar-refractivity contribution >= 4 is 32.6 Å². The lowest BCUT2D eigenvalue weighted by molar-refractivity contribution is -0.116. The van der Waals surface area contributed by atoms with Crippen molar-refractivity contribution in [3.8, 4) is 0 Å². The lowest BCUT2D eigenvalue weighted by Gasteiger charge is -2.03. The number of carbonyl (C=O) groups excluding carboxylic acids is 1. The molecule has 0 bridgehead atoms. The Labute approximate surface area is 130 Å². The normalized spacial score (nSPS) is 11.9. The van der Waals surface area contributed by atoms with E-state index < -0.39 is 9.84 Å². The minimum atomic E-state index is -3.05. The molecule has 0 aromatic heterocycles. The number of rotatable bonds is 6. The molecule has 2 aromatic rings. The number of hydrogen-bond acceptors (Lipinski definition) is 3. The lowest BCUT2D eigenvalue weighted by atomic mass is 10.0. The van der Waals surface area contributed by atoms with E-state index in [1.165, 1.54) is 6.08 Å². The smallest absolute Gasteiger partial charge is 0.244 e. The fourth-order valence-electron chi connectivity index (χ4n) is 2.09. The molecule has 2 aromatic carbocycles. The van der Waals surface area contributed by atoms with Crippen LogP contribution < -0.4 is 5.32 Å². The fourth-order valence-corrected chi connectivity index (χ4v) is 2.80. The molecule has 2 rings (SSSR count). The second kappa shape index (κ2) is 7.22. The second-order valence-corrected chi connectivity index (χ2v) is 7.40. The van der Waals surface area contributed by atoms with Crippen molar-refractivity contribution < 1.29 is 13.2 Å². The summed E-state index contributed by atoms with van der Waals surface area (Å²) in [7, 11) is -3.05. The summed E-state index contributed by atoms with van der Waals surface area (Å²) < 4.78 is 22.7. The molecule has 0 radical (unpaired) electrons. The van der Waals surface area contributed by atoms with Gasteiger partial charge in [-0.05, 0) is 22.4 Å². The monoisotopic (exact) mass is 317 g/mol. The van der Waals surface area contributed by atoms with Gasteiger partial charge in [0.05, 0.1) is 5.75 Å². The molecule has 0 aliphatic carbocycles. The van der Waals surface area contributed by atoms with Crippen LogP contribution in [0, 0.1) is 0 Å². The molecule has 0 aliphatic rings. The van der Waals surface area contributed by atoms with Gasteiger partial charge in [-0.3, -0.25) is 4.79 Å². The van der Waals surface area contributed by atoms with Gasteiger partial charge in [-0.2, -0.15) is 0 Å². The highest BCUT2D eigenvalue weighted by Gasteiger charge is 2.07. The van der Waals surface area contributed by atoms with Crippen LogP contribution in [-0.4, -0.2) is 32.4 Å². The van der Waals surface area contributed by atoms with Crippen molar-refractivity contribution in [2.24, 2.45) is 0 Å². The van der Waals surface area contributed by atoms with E-state index in [-0.39, 0.29) is 24.0 Å². The second-order valence-electron chi connectivity index (χ2n) is 4.93. The molecule has 1 N–H and O–H groups in total. The topological polar surface area (TPSA) is 63.2 Å². The van der Waals surface area contributed by atoms with Crippen LogP contribution >= 0.6 is 0 Å². The molecule has 0 spiro atoms. The zero-order chi connectivity index (χ0) is 16.0. The summed E-state index contributed by atoms with van der Waals surface area (Å²) in [5.41, 5.74) is 0.953. The van der Waals surface area contributed by atoms with E-state index in [0.717, 1.165) is 16.3 Å². The van der Waals surface area contributed by atoms with E-state index in [1.54, 1.807) is 13.0 Å². The number of nitrogens with one attached hydrogen (secondary N) is 1. The van der Waals surface area contributed by atoms with Crippen molar-refractivity contribution in [1.82, 2.24) is 5.32 Å². The van der Waals surface area contributed by atoms with Gasteiger partial charge in [0.1, 0.15) is 0 Å². The van der Waals surface area contributed by atoms with Crippen LogP contribution in [0.25, 0.3) is 16.8 Å². The first kappa shape index (κ1) is 16.2. The summed E-state index contributed by atoms with van der Waals surface area (Å²) in [6.07, 6.45) is 3.17. The van der Waals surface area contributed by atoms with E-state index >= 15 is 0 Å². The van der Waals surface area contributed by atoms with Crippen molar-refractivity contribution in [1.29, 1.82) is 0 Å². The summed E-state index contributed by atoms with van der Waals surface area (Å²) in [6, 6.07) is 13.8. The molecule has 1 amide bonds. The first-order chi connectivity index (χ1) is 10.5. The van der Waals surface area contributed by atoms with Gasteiger partial charge >= 0.3 is 0 Å². The van der Waals surface area contributed by atoms with E-state index in [1.807, 2.05) is 42.5 Å². The highest BCUT2D eigenvalue weighted by atomic mass is 32.2. The maximum atomic E-state index is 11.7. The zero-order valence-corrected chi connectivity index (χ0v) is 13.3. The largest absolute Gasteiger partial charge is 0.352 e. The summed E-state index contributed by atoms with van der Waals surface area (Å²) >= 11 is 0. The first-order valence-corrected chi connectivity index (χ1v) is 8.98. The molecular formula is C17H19NO3S. The molecule has 5 heteroatoms. The van der Waals surface area contributed by atoms with Crippen LogP contribution in [0.2, 0.25) is 0 Å². The molecule has 0 saturated heterocycles. The Morgan fingerprint density at radius 2 is 1.86 bits per heavy atom. The van der Waals surface area contributed by atoms with Gasteiger partial charge in [-0.1, -0.05) is 49.4 Å². The van der Waals surface area contributed by atoms with Crippen molar-refractivity contribution in [3.05, 3.63) is 54.1 Å². The van der Waals surface area contributed by atoms with E-state index in [0.29, 0.717) is 0 Å². The molecule has 116 valence electrons. The Kier molecular flexibility index (Phi) is 5.33. The van der Waals surface area contributed by atoms with E-state index in [9.17, 15) is 13.2 Å². The van der Waals surface area contributed by atoms with Crippen LogP contribution in [0.4, 0.5) is 0 Å². The van der Waals surface area contributed by atoms with Gasteiger partial charge in [0.25, 0.3) is 0 Å². The number of fused-ring (bicyclic) bond motifs is 1. The van der Waals surface area contributed by atoms with Gasteiger partial charge in [0.2, 0.25) is 5.91 Å². The quantitative estimate of drug-likeness (QED) is 0.832. The number of amides is 1. The van der Waals surface area contributed by atoms with Gasteiger partial charge in [0, 0.05) is 18.4 Å². The molecule has 4 nitrogen and oxygen atoms in total. The predicted molar refractivity (Wildman–Crippen MR) is 90.3 cm³/mol. The molecule has 0 fully saturated rings. The van der Waals surface area contributed by atoms with Crippen LogP contribution in [-0.2, 0) is 14.6 Å². The standard InChI is InChI=1S/C17H19NO3S/c1-2-22(20,21)13-12-18-17(19)11-10-15-8-5-7-14-6-3-4-9-16(14)15/h3-11H,2,12-13H2,1H3,(H,18,19). The van der Waals surface area contributed by atoms with E-state index in [2.05, 4.69) is 5.32 Å². The van der Waals surface area contributed by atoms with Gasteiger partial charge in [0.15, 0.2) is 9.84 Å². The molecular weight excluding hydrogens is 298 g/mol. The number of benzene rings is 2. The Morgan fingerprint density at radius 1 is 1.14 bits per heavy atom. The molecule has 0 saturated carbocycles. The summed E-state index contributed by atoms with van der Waals surface area (Å²) in [5.74, 6) is -0.231. The Hall–Kier alpha value is -2.14. The summed E-state index contributed by atoms with van der Waals surface area (Å²) in [5, 5.41) is 4.77. The van der Waals surface area contributed by atoms with Crippen LogP contribution in [0.5, 0.6) is 0 Å². The zero-order valence-electron chi connectivity index (χ0n) is 12.5. The van der Waals surface area contributed by atoms with Gasteiger partial charge in [-0.15, -0.1) is 0 Å². The summed E-state index contributed by atoms with van der Waals surface area (Å²) in [4.78, 5) is 11.7. The maximum Gasteiger partial charge on any atom is 0.244 e. The third-order valence-corrected chi connectivity index (χ3v) is 5.10. The third kappa shape index (κ3) is 4.43. The summed E-state index contributed by atoms with van der Waals surface area (Å²) in [6.45, 7) is 1.73. The minimum absolute atomic E-state index is 0.0304. The minimum Gasteiger partial charge on any atom is -0.352 e.